The van der Waals surface area contributed by atoms with Crippen LogP contribution in [0.25, 0.3) is 11.3 Å². The zero-order chi connectivity index (χ0) is 27.0. The van der Waals surface area contributed by atoms with E-state index in [9.17, 15) is 4.79 Å². The number of benzene rings is 2. The van der Waals surface area contributed by atoms with Crippen molar-refractivity contribution < 1.29 is 4.79 Å². The van der Waals surface area contributed by atoms with Gasteiger partial charge in [0, 0.05) is 73.8 Å². The lowest BCUT2D eigenvalue weighted by atomic mass is 10.1. The Morgan fingerprint density at radius 2 is 1.82 bits per heavy atom. The molecule has 1 fully saturated rings. The number of anilines is 3. The van der Waals surface area contributed by atoms with Gasteiger partial charge in [-0.1, -0.05) is 18.2 Å². The predicted octanol–water partition coefficient (Wildman–Crippen LogP) is 4.75. The molecule has 2 aromatic heterocycles. The minimum atomic E-state index is -0.149. The molecule has 0 saturated carbocycles. The number of aromatic nitrogens is 3. The molecule has 1 saturated heterocycles. The highest BCUT2D eigenvalue weighted by Crippen LogP contribution is 2.26. The van der Waals surface area contributed by atoms with Gasteiger partial charge in [0.05, 0.1) is 5.69 Å². The lowest BCUT2D eigenvalue weighted by molar-refractivity contribution is 0.102. The highest BCUT2D eigenvalue weighted by molar-refractivity contribution is 7.80. The van der Waals surface area contributed by atoms with Gasteiger partial charge in [0.1, 0.15) is 0 Å². The van der Waals surface area contributed by atoms with Gasteiger partial charge >= 0.3 is 0 Å². The molecule has 1 aliphatic rings. The third-order valence-electron chi connectivity index (χ3n) is 6.83. The molecule has 0 spiro atoms. The minimum absolute atomic E-state index is 0.149. The monoisotopic (exact) mass is 539 g/mol. The Bertz CT molecular complexity index is 1390. The van der Waals surface area contributed by atoms with Crippen molar-refractivity contribution in [3.05, 3.63) is 95.9 Å². The zero-order valence-corrected chi connectivity index (χ0v) is 22.9. The number of pyridine rings is 1. The third-order valence-corrected chi connectivity index (χ3v) is 7.05. The smallest absolute Gasteiger partial charge is 0.255 e. The second-order valence-electron chi connectivity index (χ2n) is 9.71. The van der Waals surface area contributed by atoms with Gasteiger partial charge in [-0.15, -0.1) is 0 Å². The standard InChI is InChI=1S/C30H33N7OS/c1-36-14-16-37(17-15-36)21-22-4-6-24(7-5-22)29(38)33-26-9-8-23(11-18-39)28(19-26)35-30-32-13-10-27(34-30)25-3-2-12-31-20-25/h2-10,12-13,19-20,39H,11,14-18,21H2,1H3,(H,33,38)(H,32,34,35). The average Bonchev–Trinajstić information content (AvgIpc) is 2.97. The van der Waals surface area contributed by atoms with Crippen LogP contribution < -0.4 is 10.6 Å². The van der Waals surface area contributed by atoms with Gasteiger partial charge < -0.3 is 15.5 Å². The summed E-state index contributed by atoms with van der Waals surface area (Å²) in [6.07, 6.45) is 5.98. The number of likely N-dealkylation sites (N-methyl/N-ethyl adjacent to an activating group) is 1. The molecule has 200 valence electrons. The zero-order valence-electron chi connectivity index (χ0n) is 22.0. The second kappa shape index (κ2) is 12.8. The molecule has 0 atom stereocenters. The summed E-state index contributed by atoms with van der Waals surface area (Å²) >= 11 is 4.41. The molecule has 5 rings (SSSR count). The van der Waals surface area contributed by atoms with E-state index in [0.29, 0.717) is 23.0 Å². The SMILES string of the molecule is CN1CCN(Cc2ccc(C(=O)Nc3ccc(CCS)c(Nc4nccc(-c5cccnc5)n4)c3)cc2)CC1. The molecule has 0 aliphatic carbocycles. The van der Waals surface area contributed by atoms with Gasteiger partial charge in [-0.25, -0.2) is 9.97 Å². The predicted molar refractivity (Wildman–Crippen MR) is 160 cm³/mol. The Hall–Kier alpha value is -3.79. The Kier molecular flexibility index (Phi) is 8.82. The topological polar surface area (TPSA) is 86.3 Å². The number of nitrogens with zero attached hydrogens (tertiary/aromatic N) is 5. The van der Waals surface area contributed by atoms with Crippen LogP contribution in [0.4, 0.5) is 17.3 Å². The number of amides is 1. The quantitative estimate of drug-likeness (QED) is 0.265. The number of piperazine rings is 1. The number of carbonyl (C=O) groups excluding carboxylic acids is 1. The van der Waals surface area contributed by atoms with E-state index in [-0.39, 0.29) is 5.91 Å². The lowest BCUT2D eigenvalue weighted by Gasteiger charge is -2.32. The van der Waals surface area contributed by atoms with Crippen LogP contribution in [-0.2, 0) is 13.0 Å². The molecule has 3 heterocycles. The first kappa shape index (κ1) is 26.8. The van der Waals surface area contributed by atoms with Gasteiger partial charge in [-0.2, -0.15) is 12.6 Å². The minimum Gasteiger partial charge on any atom is -0.324 e. The van der Waals surface area contributed by atoms with Crippen LogP contribution in [0, 0.1) is 0 Å². The summed E-state index contributed by atoms with van der Waals surface area (Å²) < 4.78 is 0. The van der Waals surface area contributed by atoms with Crippen molar-refractivity contribution in [1.29, 1.82) is 0 Å². The van der Waals surface area contributed by atoms with Crippen molar-refractivity contribution in [3.8, 4) is 11.3 Å². The molecular formula is C30H33N7OS. The first-order chi connectivity index (χ1) is 19.1. The highest BCUT2D eigenvalue weighted by Gasteiger charge is 2.15. The van der Waals surface area contributed by atoms with E-state index in [2.05, 4.69) is 55.1 Å². The summed E-state index contributed by atoms with van der Waals surface area (Å²) in [5, 5.41) is 6.37. The molecule has 0 unspecified atom stereocenters. The third kappa shape index (κ3) is 7.20. The summed E-state index contributed by atoms with van der Waals surface area (Å²) in [6.45, 7) is 5.22. The second-order valence-corrected chi connectivity index (χ2v) is 10.2. The Morgan fingerprint density at radius 1 is 1.00 bits per heavy atom. The molecule has 1 aliphatic heterocycles. The van der Waals surface area contributed by atoms with Crippen LogP contribution >= 0.6 is 12.6 Å². The molecule has 8 nitrogen and oxygen atoms in total. The van der Waals surface area contributed by atoms with Gasteiger partial charge in [-0.3, -0.25) is 14.7 Å². The largest absolute Gasteiger partial charge is 0.324 e. The van der Waals surface area contributed by atoms with E-state index in [1.807, 2.05) is 60.7 Å². The molecule has 2 aromatic carbocycles. The Balaban J connectivity index is 1.27. The normalized spacial score (nSPS) is 14.2. The van der Waals surface area contributed by atoms with Crippen LogP contribution in [0.15, 0.2) is 79.3 Å². The lowest BCUT2D eigenvalue weighted by Crippen LogP contribution is -2.43. The fraction of sp³-hybridized carbons (Fsp3) is 0.267. The maximum atomic E-state index is 13.0. The van der Waals surface area contributed by atoms with Crippen molar-refractivity contribution in [2.75, 3.05) is 49.6 Å². The number of nitrogens with one attached hydrogen (secondary N) is 2. The average molecular weight is 540 g/mol. The molecule has 1 amide bonds. The van der Waals surface area contributed by atoms with E-state index >= 15 is 0 Å². The fourth-order valence-corrected chi connectivity index (χ4v) is 4.79. The van der Waals surface area contributed by atoms with Crippen LogP contribution in [0.3, 0.4) is 0 Å². The first-order valence-corrected chi connectivity index (χ1v) is 13.8. The van der Waals surface area contributed by atoms with Crippen LogP contribution in [0.1, 0.15) is 21.5 Å². The van der Waals surface area contributed by atoms with E-state index < -0.39 is 0 Å². The van der Waals surface area contributed by atoms with Crippen LogP contribution in [0.5, 0.6) is 0 Å². The molecule has 0 radical (unpaired) electrons. The van der Waals surface area contributed by atoms with Crippen molar-refractivity contribution in [2.24, 2.45) is 0 Å². The Morgan fingerprint density at radius 3 is 2.56 bits per heavy atom. The molecule has 9 heteroatoms. The Labute approximate surface area is 234 Å². The highest BCUT2D eigenvalue weighted by atomic mass is 32.1. The maximum absolute atomic E-state index is 13.0. The van der Waals surface area contributed by atoms with Crippen molar-refractivity contribution in [3.63, 3.8) is 0 Å². The number of hydrogen-bond donors (Lipinski definition) is 3. The maximum Gasteiger partial charge on any atom is 0.255 e. The first-order valence-electron chi connectivity index (χ1n) is 13.1. The van der Waals surface area contributed by atoms with Gasteiger partial charge in [0.15, 0.2) is 0 Å². The number of thiol groups is 1. The van der Waals surface area contributed by atoms with Crippen molar-refractivity contribution in [2.45, 2.75) is 13.0 Å². The number of hydrogen-bond acceptors (Lipinski definition) is 8. The van der Waals surface area contributed by atoms with E-state index in [1.54, 1.807) is 18.6 Å². The van der Waals surface area contributed by atoms with Crippen molar-refractivity contribution >= 4 is 35.9 Å². The number of carbonyl (C=O) groups is 1. The summed E-state index contributed by atoms with van der Waals surface area (Å²) in [7, 11) is 2.16. The van der Waals surface area contributed by atoms with Gasteiger partial charge in [-0.05, 0) is 72.8 Å². The molecular weight excluding hydrogens is 506 g/mol. The van der Waals surface area contributed by atoms with Crippen LogP contribution in [0.2, 0.25) is 0 Å². The van der Waals surface area contributed by atoms with Gasteiger partial charge in [0.25, 0.3) is 5.91 Å². The summed E-state index contributed by atoms with van der Waals surface area (Å²) in [5.74, 6) is 1.01. The number of aryl methyl sites for hydroxylation is 1. The summed E-state index contributed by atoms with van der Waals surface area (Å²) in [4.78, 5) is 31.1. The van der Waals surface area contributed by atoms with Crippen LogP contribution in [-0.4, -0.2) is 69.6 Å². The molecule has 4 aromatic rings. The summed E-state index contributed by atoms with van der Waals surface area (Å²) in [5.41, 5.74) is 6.10. The van der Waals surface area contributed by atoms with E-state index in [0.717, 1.165) is 61.7 Å². The van der Waals surface area contributed by atoms with E-state index in [4.69, 9.17) is 0 Å². The molecule has 0 bridgehead atoms. The molecule has 2 N–H and O–H groups in total. The van der Waals surface area contributed by atoms with Crippen molar-refractivity contribution in [1.82, 2.24) is 24.8 Å². The molecule has 39 heavy (non-hydrogen) atoms. The van der Waals surface area contributed by atoms with Gasteiger partial charge in [0.2, 0.25) is 5.95 Å². The van der Waals surface area contributed by atoms with E-state index in [1.165, 1.54) is 5.56 Å². The summed E-state index contributed by atoms with van der Waals surface area (Å²) in [6, 6.07) is 19.4. The number of rotatable bonds is 9. The fourth-order valence-electron chi connectivity index (χ4n) is 4.55.